The Hall–Kier alpha value is -2.95. The van der Waals surface area contributed by atoms with Crippen LogP contribution in [0, 0.1) is 0 Å². The number of para-hydroxylation sites is 1. The van der Waals surface area contributed by atoms with Gasteiger partial charge in [0.1, 0.15) is 11.5 Å². The van der Waals surface area contributed by atoms with Crippen molar-refractivity contribution in [3.63, 3.8) is 0 Å². The average molecular weight is 378 g/mol. The number of aromatic nitrogens is 1. The predicted molar refractivity (Wildman–Crippen MR) is 110 cm³/mol. The van der Waals surface area contributed by atoms with Crippen molar-refractivity contribution >= 4 is 16.8 Å². The number of nitrogens with one attached hydrogen (secondary N) is 1. The number of ether oxygens (including phenoxy) is 2. The van der Waals surface area contributed by atoms with Crippen molar-refractivity contribution in [3.05, 3.63) is 60.3 Å². The second kappa shape index (κ2) is 8.38. The molecule has 5 nitrogen and oxygen atoms in total. The average Bonchev–Trinajstić information content (AvgIpc) is 3.18. The maximum Gasteiger partial charge on any atom is 0.225 e. The molecule has 146 valence electrons. The summed E-state index contributed by atoms with van der Waals surface area (Å²) in [5.74, 6) is 2.32. The first-order valence-corrected chi connectivity index (χ1v) is 9.85. The van der Waals surface area contributed by atoms with Gasteiger partial charge in [0, 0.05) is 35.6 Å². The van der Waals surface area contributed by atoms with E-state index in [0.29, 0.717) is 18.9 Å². The molecule has 1 N–H and O–H groups in total. The van der Waals surface area contributed by atoms with Crippen LogP contribution in [0.15, 0.2) is 54.6 Å². The van der Waals surface area contributed by atoms with Crippen molar-refractivity contribution in [2.45, 2.75) is 25.2 Å². The molecule has 0 spiro atoms. The van der Waals surface area contributed by atoms with Crippen LogP contribution in [0.1, 0.15) is 30.9 Å². The number of fused-ring (bicyclic) bond motifs is 1. The number of carbonyl (C=O) groups is 1. The van der Waals surface area contributed by atoms with Gasteiger partial charge in [0.15, 0.2) is 0 Å². The Morgan fingerprint density at radius 3 is 2.61 bits per heavy atom. The van der Waals surface area contributed by atoms with Gasteiger partial charge >= 0.3 is 0 Å². The fourth-order valence-corrected chi connectivity index (χ4v) is 3.85. The van der Waals surface area contributed by atoms with Crippen LogP contribution in [-0.2, 0) is 4.79 Å². The molecule has 1 aliphatic heterocycles. The zero-order valence-corrected chi connectivity index (χ0v) is 16.2. The predicted octanol–water partition coefficient (Wildman–Crippen LogP) is 4.35. The number of piperidine rings is 1. The molecule has 2 heterocycles. The van der Waals surface area contributed by atoms with Crippen molar-refractivity contribution in [1.82, 2.24) is 9.88 Å². The highest BCUT2D eigenvalue weighted by Crippen LogP contribution is 2.31. The Bertz CT molecular complexity index is 927. The minimum atomic E-state index is 0.177. The Labute approximate surface area is 165 Å². The smallest absolute Gasteiger partial charge is 0.225 e. The van der Waals surface area contributed by atoms with Crippen LogP contribution < -0.4 is 9.47 Å². The van der Waals surface area contributed by atoms with E-state index in [0.717, 1.165) is 42.9 Å². The number of nitrogens with zero attached hydrogens (tertiary/aromatic N) is 1. The van der Waals surface area contributed by atoms with E-state index in [2.05, 4.69) is 23.2 Å². The van der Waals surface area contributed by atoms with Crippen LogP contribution in [0.3, 0.4) is 0 Å². The van der Waals surface area contributed by atoms with Crippen molar-refractivity contribution in [3.8, 4) is 11.5 Å². The zero-order chi connectivity index (χ0) is 19.3. The normalized spacial score (nSPS) is 15.0. The van der Waals surface area contributed by atoms with Crippen molar-refractivity contribution in [2.24, 2.45) is 0 Å². The van der Waals surface area contributed by atoms with E-state index in [9.17, 15) is 4.79 Å². The molecule has 1 fully saturated rings. The van der Waals surface area contributed by atoms with E-state index in [1.54, 1.807) is 7.11 Å². The van der Waals surface area contributed by atoms with Crippen LogP contribution >= 0.6 is 0 Å². The van der Waals surface area contributed by atoms with Gasteiger partial charge in [-0.15, -0.1) is 0 Å². The van der Waals surface area contributed by atoms with Gasteiger partial charge in [-0.3, -0.25) is 4.79 Å². The molecular formula is C23H26N2O3. The molecule has 1 aromatic heterocycles. The standard InChI is InChI=1S/C23H26N2O3/c1-27-20-7-8-21-18(15-20)16-22(24-21)17-9-12-25(13-10-17)23(26)11-14-28-19-5-3-2-4-6-19/h2-8,15-17,24H,9-14H2,1H3. The molecule has 1 aliphatic rings. The lowest BCUT2D eigenvalue weighted by molar-refractivity contribution is -0.132. The maximum atomic E-state index is 12.5. The molecule has 28 heavy (non-hydrogen) atoms. The van der Waals surface area contributed by atoms with Gasteiger partial charge in [0.25, 0.3) is 0 Å². The Morgan fingerprint density at radius 1 is 1.07 bits per heavy atom. The van der Waals surface area contributed by atoms with Crippen LogP contribution in [0.25, 0.3) is 10.9 Å². The summed E-state index contributed by atoms with van der Waals surface area (Å²) in [5.41, 5.74) is 2.38. The van der Waals surface area contributed by atoms with Crippen LogP contribution in [0.5, 0.6) is 11.5 Å². The first-order chi connectivity index (χ1) is 13.7. The lowest BCUT2D eigenvalue weighted by Gasteiger charge is -2.31. The first kappa shape index (κ1) is 18.4. The summed E-state index contributed by atoms with van der Waals surface area (Å²) in [5, 5.41) is 1.17. The van der Waals surface area contributed by atoms with E-state index in [1.165, 1.54) is 11.1 Å². The molecule has 4 rings (SSSR count). The number of H-pyrrole nitrogens is 1. The number of carbonyl (C=O) groups excluding carboxylic acids is 1. The summed E-state index contributed by atoms with van der Waals surface area (Å²) in [6.07, 6.45) is 2.39. The number of aromatic amines is 1. The van der Waals surface area contributed by atoms with Crippen molar-refractivity contribution < 1.29 is 14.3 Å². The molecule has 0 unspecified atom stereocenters. The number of methoxy groups -OCH3 is 1. The van der Waals surface area contributed by atoms with Gasteiger partial charge in [-0.1, -0.05) is 18.2 Å². The SMILES string of the molecule is COc1ccc2[nH]c(C3CCN(C(=O)CCOc4ccccc4)CC3)cc2c1. The molecule has 3 aromatic rings. The van der Waals surface area contributed by atoms with E-state index in [-0.39, 0.29) is 5.91 Å². The topological polar surface area (TPSA) is 54.6 Å². The number of benzene rings is 2. The second-order valence-electron chi connectivity index (χ2n) is 7.24. The minimum absolute atomic E-state index is 0.177. The highest BCUT2D eigenvalue weighted by atomic mass is 16.5. The molecule has 1 amide bonds. The van der Waals surface area contributed by atoms with Crippen molar-refractivity contribution in [1.29, 1.82) is 0 Å². The van der Waals surface area contributed by atoms with Gasteiger partial charge in [0.2, 0.25) is 5.91 Å². The third-order valence-electron chi connectivity index (χ3n) is 5.46. The molecule has 0 radical (unpaired) electrons. The highest BCUT2D eigenvalue weighted by Gasteiger charge is 2.24. The van der Waals surface area contributed by atoms with Gasteiger partial charge in [-0.05, 0) is 49.2 Å². The Balaban J connectivity index is 1.28. The van der Waals surface area contributed by atoms with E-state index < -0.39 is 0 Å². The van der Waals surface area contributed by atoms with Gasteiger partial charge < -0.3 is 19.4 Å². The number of hydrogen-bond acceptors (Lipinski definition) is 3. The third kappa shape index (κ3) is 4.14. The highest BCUT2D eigenvalue weighted by molar-refractivity contribution is 5.82. The minimum Gasteiger partial charge on any atom is -0.497 e. The van der Waals surface area contributed by atoms with Crippen molar-refractivity contribution in [2.75, 3.05) is 26.8 Å². The number of hydrogen-bond donors (Lipinski definition) is 1. The van der Waals surface area contributed by atoms with E-state index in [1.807, 2.05) is 41.3 Å². The fourth-order valence-electron chi connectivity index (χ4n) is 3.85. The van der Waals surface area contributed by atoms with Gasteiger partial charge in [0.05, 0.1) is 20.1 Å². The summed E-state index contributed by atoms with van der Waals surface area (Å²) in [6, 6.07) is 17.9. The Kier molecular flexibility index (Phi) is 5.51. The molecule has 0 atom stereocenters. The molecule has 0 bridgehead atoms. The Morgan fingerprint density at radius 2 is 1.86 bits per heavy atom. The summed E-state index contributed by atoms with van der Waals surface area (Å²) < 4.78 is 11.0. The lowest BCUT2D eigenvalue weighted by atomic mass is 9.93. The molecule has 0 saturated carbocycles. The summed E-state index contributed by atoms with van der Waals surface area (Å²) in [6.45, 7) is 2.02. The fraction of sp³-hybridized carbons (Fsp3) is 0.348. The maximum absolute atomic E-state index is 12.5. The quantitative estimate of drug-likeness (QED) is 0.694. The second-order valence-corrected chi connectivity index (χ2v) is 7.24. The van der Waals surface area contributed by atoms with E-state index in [4.69, 9.17) is 9.47 Å². The summed E-state index contributed by atoms with van der Waals surface area (Å²) in [7, 11) is 1.69. The van der Waals surface area contributed by atoms with E-state index >= 15 is 0 Å². The summed E-state index contributed by atoms with van der Waals surface area (Å²) in [4.78, 5) is 18.0. The molecular weight excluding hydrogens is 352 g/mol. The molecule has 0 aliphatic carbocycles. The summed E-state index contributed by atoms with van der Waals surface area (Å²) >= 11 is 0. The van der Waals surface area contributed by atoms with Crippen LogP contribution in [0.2, 0.25) is 0 Å². The number of amides is 1. The number of rotatable bonds is 6. The lowest BCUT2D eigenvalue weighted by Crippen LogP contribution is -2.38. The monoisotopic (exact) mass is 378 g/mol. The van der Waals surface area contributed by atoms with Gasteiger partial charge in [-0.2, -0.15) is 0 Å². The van der Waals surface area contributed by atoms with Crippen LogP contribution in [-0.4, -0.2) is 42.6 Å². The first-order valence-electron chi connectivity index (χ1n) is 9.85. The zero-order valence-electron chi connectivity index (χ0n) is 16.2. The van der Waals surface area contributed by atoms with Crippen LogP contribution in [0.4, 0.5) is 0 Å². The molecule has 5 heteroatoms. The van der Waals surface area contributed by atoms with Gasteiger partial charge in [-0.25, -0.2) is 0 Å². The molecule has 2 aromatic carbocycles. The largest absolute Gasteiger partial charge is 0.497 e. The number of likely N-dealkylation sites (tertiary alicyclic amines) is 1. The third-order valence-corrected chi connectivity index (χ3v) is 5.46. The molecule has 1 saturated heterocycles.